The smallest absolute Gasteiger partial charge is 0.123 e. The molecule has 1 aliphatic heterocycles. The predicted octanol–water partition coefficient (Wildman–Crippen LogP) is 2.04. The van der Waals surface area contributed by atoms with E-state index in [0.29, 0.717) is 11.9 Å². The van der Waals surface area contributed by atoms with E-state index in [9.17, 15) is 0 Å². The Labute approximate surface area is 119 Å². The number of nitrogens with two attached hydrogens (primary N) is 1. The van der Waals surface area contributed by atoms with Crippen molar-refractivity contribution in [3.05, 3.63) is 41.3 Å². The third kappa shape index (κ3) is 2.41. The molecule has 0 aliphatic carbocycles. The third-order valence-electron chi connectivity index (χ3n) is 4.23. The van der Waals surface area contributed by atoms with Gasteiger partial charge in [0.2, 0.25) is 0 Å². The highest BCUT2D eigenvalue weighted by Gasteiger charge is 2.28. The topological polar surface area (TPSA) is 60.0 Å². The zero-order valence-corrected chi connectivity index (χ0v) is 12.1. The molecule has 2 aromatic heterocycles. The van der Waals surface area contributed by atoms with Gasteiger partial charge >= 0.3 is 0 Å². The maximum absolute atomic E-state index is 5.76. The first-order valence-corrected chi connectivity index (χ1v) is 7.08. The van der Waals surface area contributed by atoms with E-state index in [-0.39, 0.29) is 0 Å². The zero-order chi connectivity index (χ0) is 14.1. The molecule has 1 atom stereocenters. The van der Waals surface area contributed by atoms with Crippen LogP contribution in [0, 0.1) is 6.92 Å². The summed E-state index contributed by atoms with van der Waals surface area (Å²) < 4.78 is 1.95. The standard InChI is InChI=1S/C15H21N5/c1-11-13(9-18-19(11)2)14-4-3-7-20(14)10-12-5-6-17-15(16)8-12/h5-6,8-9,14H,3-4,7,10H2,1-2H3,(H2,16,17). The van der Waals surface area contributed by atoms with Crippen LogP contribution in [0.25, 0.3) is 0 Å². The van der Waals surface area contributed by atoms with Gasteiger partial charge in [-0.3, -0.25) is 9.58 Å². The Morgan fingerprint density at radius 2 is 2.30 bits per heavy atom. The zero-order valence-electron chi connectivity index (χ0n) is 12.1. The van der Waals surface area contributed by atoms with E-state index in [1.165, 1.54) is 29.7 Å². The van der Waals surface area contributed by atoms with Crippen LogP contribution >= 0.6 is 0 Å². The first-order chi connectivity index (χ1) is 9.65. The van der Waals surface area contributed by atoms with Gasteiger partial charge in [0.1, 0.15) is 5.82 Å². The maximum atomic E-state index is 5.76. The Hall–Kier alpha value is -1.88. The second-order valence-electron chi connectivity index (χ2n) is 5.53. The molecule has 106 valence electrons. The van der Waals surface area contributed by atoms with Gasteiger partial charge in [-0.1, -0.05) is 0 Å². The maximum Gasteiger partial charge on any atom is 0.123 e. The lowest BCUT2D eigenvalue weighted by Crippen LogP contribution is -2.23. The van der Waals surface area contributed by atoms with Crippen LogP contribution in [0.4, 0.5) is 5.82 Å². The van der Waals surface area contributed by atoms with E-state index in [4.69, 9.17) is 5.73 Å². The Bertz CT molecular complexity index is 604. The molecule has 2 N–H and O–H groups in total. The van der Waals surface area contributed by atoms with Crippen LogP contribution < -0.4 is 5.73 Å². The van der Waals surface area contributed by atoms with Crippen molar-refractivity contribution in [2.24, 2.45) is 7.05 Å². The van der Waals surface area contributed by atoms with Crippen molar-refractivity contribution in [2.45, 2.75) is 32.4 Å². The van der Waals surface area contributed by atoms with Crippen molar-refractivity contribution >= 4 is 5.82 Å². The van der Waals surface area contributed by atoms with Crippen LogP contribution in [0.1, 0.15) is 35.7 Å². The summed E-state index contributed by atoms with van der Waals surface area (Å²) in [6.45, 7) is 4.19. The summed E-state index contributed by atoms with van der Waals surface area (Å²) in [5, 5.41) is 4.38. The number of anilines is 1. The molecule has 5 nitrogen and oxygen atoms in total. The van der Waals surface area contributed by atoms with Crippen LogP contribution in [0.3, 0.4) is 0 Å². The van der Waals surface area contributed by atoms with Gasteiger partial charge in [-0.05, 0) is 44.0 Å². The van der Waals surface area contributed by atoms with Crippen molar-refractivity contribution in [1.29, 1.82) is 0 Å². The van der Waals surface area contributed by atoms with Gasteiger partial charge in [-0.2, -0.15) is 5.10 Å². The number of aromatic nitrogens is 3. The molecular weight excluding hydrogens is 250 g/mol. The Balaban J connectivity index is 1.81. The van der Waals surface area contributed by atoms with E-state index >= 15 is 0 Å². The monoisotopic (exact) mass is 271 g/mol. The Morgan fingerprint density at radius 3 is 3.00 bits per heavy atom. The van der Waals surface area contributed by atoms with E-state index < -0.39 is 0 Å². The Morgan fingerprint density at radius 1 is 1.45 bits per heavy atom. The summed E-state index contributed by atoms with van der Waals surface area (Å²) in [6, 6.07) is 4.48. The van der Waals surface area contributed by atoms with E-state index in [0.717, 1.165) is 13.1 Å². The van der Waals surface area contributed by atoms with Crippen molar-refractivity contribution in [1.82, 2.24) is 19.7 Å². The average Bonchev–Trinajstić information content (AvgIpc) is 2.98. The van der Waals surface area contributed by atoms with Gasteiger partial charge in [-0.15, -0.1) is 0 Å². The fraction of sp³-hybridized carbons (Fsp3) is 0.467. The molecule has 1 fully saturated rings. The number of hydrogen-bond donors (Lipinski definition) is 1. The molecule has 20 heavy (non-hydrogen) atoms. The number of aryl methyl sites for hydroxylation is 1. The molecule has 0 saturated carbocycles. The molecule has 5 heteroatoms. The van der Waals surface area contributed by atoms with Crippen molar-refractivity contribution in [2.75, 3.05) is 12.3 Å². The minimum Gasteiger partial charge on any atom is -0.384 e. The predicted molar refractivity (Wildman–Crippen MR) is 79.0 cm³/mol. The van der Waals surface area contributed by atoms with Gasteiger partial charge in [-0.25, -0.2) is 4.98 Å². The lowest BCUT2D eigenvalue weighted by atomic mass is 10.1. The van der Waals surface area contributed by atoms with E-state index in [2.05, 4.69) is 21.9 Å². The van der Waals surface area contributed by atoms with E-state index in [1.807, 2.05) is 30.1 Å². The molecule has 3 rings (SSSR count). The molecule has 1 saturated heterocycles. The number of hydrogen-bond acceptors (Lipinski definition) is 4. The first kappa shape index (κ1) is 13.1. The fourth-order valence-corrected chi connectivity index (χ4v) is 3.04. The largest absolute Gasteiger partial charge is 0.384 e. The number of nitrogen functional groups attached to an aromatic ring is 1. The molecule has 0 bridgehead atoms. The van der Waals surface area contributed by atoms with Crippen LogP contribution in [0.2, 0.25) is 0 Å². The highest BCUT2D eigenvalue weighted by atomic mass is 15.3. The summed E-state index contributed by atoms with van der Waals surface area (Å²) in [6.07, 6.45) is 6.23. The second-order valence-corrected chi connectivity index (χ2v) is 5.53. The number of rotatable bonds is 3. The summed E-state index contributed by atoms with van der Waals surface area (Å²) in [4.78, 5) is 6.57. The van der Waals surface area contributed by atoms with Gasteiger partial charge in [0.15, 0.2) is 0 Å². The first-order valence-electron chi connectivity index (χ1n) is 7.08. The average molecular weight is 271 g/mol. The van der Waals surface area contributed by atoms with Crippen molar-refractivity contribution < 1.29 is 0 Å². The van der Waals surface area contributed by atoms with Crippen LogP contribution in [0.5, 0.6) is 0 Å². The normalized spacial score (nSPS) is 19.6. The van der Waals surface area contributed by atoms with Crippen molar-refractivity contribution in [3.8, 4) is 0 Å². The van der Waals surface area contributed by atoms with Gasteiger partial charge in [0, 0.05) is 37.1 Å². The summed E-state index contributed by atoms with van der Waals surface area (Å²) in [7, 11) is 2.00. The molecule has 2 aromatic rings. The molecular formula is C15H21N5. The number of pyridine rings is 1. The van der Waals surface area contributed by atoms with Crippen molar-refractivity contribution in [3.63, 3.8) is 0 Å². The van der Waals surface area contributed by atoms with Gasteiger partial charge in [0.05, 0.1) is 6.20 Å². The lowest BCUT2D eigenvalue weighted by Gasteiger charge is -2.24. The van der Waals surface area contributed by atoms with Crippen LogP contribution in [-0.2, 0) is 13.6 Å². The van der Waals surface area contributed by atoms with Crippen LogP contribution in [-0.4, -0.2) is 26.2 Å². The summed E-state index contributed by atoms with van der Waals surface area (Å²) in [5.74, 6) is 0.593. The van der Waals surface area contributed by atoms with Gasteiger partial charge < -0.3 is 5.73 Å². The molecule has 1 unspecified atom stereocenters. The van der Waals surface area contributed by atoms with E-state index in [1.54, 1.807) is 6.20 Å². The second kappa shape index (κ2) is 5.25. The fourth-order valence-electron chi connectivity index (χ4n) is 3.04. The molecule has 3 heterocycles. The third-order valence-corrected chi connectivity index (χ3v) is 4.23. The highest BCUT2D eigenvalue weighted by molar-refractivity contribution is 5.32. The summed E-state index contributed by atoms with van der Waals surface area (Å²) in [5.41, 5.74) is 9.60. The SMILES string of the molecule is Cc1c(C2CCCN2Cc2ccnc(N)c2)cnn1C. The minimum atomic E-state index is 0.470. The minimum absolute atomic E-state index is 0.470. The lowest BCUT2D eigenvalue weighted by molar-refractivity contribution is 0.247. The Kier molecular flexibility index (Phi) is 3.44. The molecule has 0 radical (unpaired) electrons. The molecule has 0 aromatic carbocycles. The number of likely N-dealkylation sites (tertiary alicyclic amines) is 1. The number of nitrogens with zero attached hydrogens (tertiary/aromatic N) is 4. The van der Waals surface area contributed by atoms with Gasteiger partial charge in [0.25, 0.3) is 0 Å². The quantitative estimate of drug-likeness (QED) is 0.928. The molecule has 0 spiro atoms. The molecule has 0 amide bonds. The van der Waals surface area contributed by atoms with Crippen LogP contribution in [0.15, 0.2) is 24.5 Å². The highest BCUT2D eigenvalue weighted by Crippen LogP contribution is 2.34. The molecule has 1 aliphatic rings. The summed E-state index contributed by atoms with van der Waals surface area (Å²) >= 11 is 0.